The van der Waals surface area contributed by atoms with Crippen molar-refractivity contribution in [1.29, 1.82) is 0 Å². The Kier molecular flexibility index (Phi) is 5.88. The third-order valence-electron chi connectivity index (χ3n) is 5.43. The van der Waals surface area contributed by atoms with Crippen molar-refractivity contribution in [3.05, 3.63) is 130 Å². The maximum Gasteiger partial charge on any atom is 0.335 e. The van der Waals surface area contributed by atoms with Crippen LogP contribution in [0, 0.1) is 0 Å². The number of rotatable bonds is 6. The summed E-state index contributed by atoms with van der Waals surface area (Å²) in [5.41, 5.74) is 3.62. The third-order valence-corrected chi connectivity index (χ3v) is 5.43. The molecule has 35 heavy (non-hydrogen) atoms. The first-order valence-electron chi connectivity index (χ1n) is 10.8. The molecule has 5 rings (SSSR count). The fourth-order valence-electron chi connectivity index (χ4n) is 3.64. The number of aromatic amines is 1. The Labute approximate surface area is 199 Å². The van der Waals surface area contributed by atoms with Crippen molar-refractivity contribution in [3.8, 4) is 0 Å². The van der Waals surface area contributed by atoms with Crippen LogP contribution in [0.25, 0.3) is 23.1 Å². The van der Waals surface area contributed by atoms with Crippen LogP contribution in [0.3, 0.4) is 0 Å². The highest BCUT2D eigenvalue weighted by atomic mass is 16.4. The number of aromatic nitrogens is 2. The van der Waals surface area contributed by atoms with Gasteiger partial charge in [0.25, 0.3) is 5.91 Å². The molecule has 1 amide bonds. The van der Waals surface area contributed by atoms with Gasteiger partial charge in [-0.25, -0.2) is 4.79 Å². The number of carbonyl (C=O) groups is 2. The molecule has 0 fully saturated rings. The van der Waals surface area contributed by atoms with E-state index in [4.69, 9.17) is 4.42 Å². The maximum atomic E-state index is 13.1. The van der Waals surface area contributed by atoms with Gasteiger partial charge < -0.3 is 9.73 Å². The Balaban J connectivity index is 1.35. The van der Waals surface area contributed by atoms with Crippen LogP contribution < -0.4 is 10.9 Å². The van der Waals surface area contributed by atoms with E-state index in [-0.39, 0.29) is 11.3 Å². The molecule has 0 spiro atoms. The first-order chi connectivity index (χ1) is 17.1. The van der Waals surface area contributed by atoms with Gasteiger partial charge in [-0.2, -0.15) is 5.10 Å². The standard InChI is InChI=1S/C28H19N3O4/c32-26-14-11-21(17-35-26)28(34)29-22-8-4-7-19(15-22)27(33)20-10-12-23-24(30-31-25(23)16-20)13-9-18-5-2-1-3-6-18/h1-17H,(H,29,34)(H,30,31)/b13-9+. The van der Waals surface area contributed by atoms with Gasteiger partial charge in [0.2, 0.25) is 0 Å². The molecule has 0 atom stereocenters. The zero-order valence-electron chi connectivity index (χ0n) is 18.4. The summed E-state index contributed by atoms with van der Waals surface area (Å²) in [5, 5.41) is 11.0. The lowest BCUT2D eigenvalue weighted by molar-refractivity contribution is 0.101. The smallest absolute Gasteiger partial charge is 0.335 e. The monoisotopic (exact) mass is 461 g/mol. The van der Waals surface area contributed by atoms with Gasteiger partial charge in [-0.1, -0.05) is 54.6 Å². The van der Waals surface area contributed by atoms with Crippen LogP contribution in [-0.2, 0) is 0 Å². The molecule has 0 unspecified atom stereocenters. The Morgan fingerprint density at radius 1 is 0.829 bits per heavy atom. The van der Waals surface area contributed by atoms with E-state index in [0.717, 1.165) is 28.4 Å². The number of hydrogen-bond acceptors (Lipinski definition) is 5. The predicted molar refractivity (Wildman–Crippen MR) is 134 cm³/mol. The van der Waals surface area contributed by atoms with Crippen molar-refractivity contribution in [2.75, 3.05) is 5.32 Å². The minimum atomic E-state index is -0.539. The first kappa shape index (κ1) is 21.8. The number of amides is 1. The number of anilines is 1. The van der Waals surface area contributed by atoms with Crippen molar-refractivity contribution < 1.29 is 14.0 Å². The predicted octanol–water partition coefficient (Wildman–Crippen LogP) is 5.17. The van der Waals surface area contributed by atoms with Gasteiger partial charge in [0.15, 0.2) is 5.78 Å². The van der Waals surface area contributed by atoms with Crippen LogP contribution in [0.1, 0.15) is 37.5 Å². The minimum absolute atomic E-state index is 0.190. The molecule has 0 bridgehead atoms. The molecule has 7 nitrogen and oxygen atoms in total. The van der Waals surface area contributed by atoms with E-state index < -0.39 is 11.5 Å². The normalized spacial score (nSPS) is 11.1. The van der Waals surface area contributed by atoms with E-state index in [2.05, 4.69) is 15.5 Å². The van der Waals surface area contributed by atoms with Crippen LogP contribution >= 0.6 is 0 Å². The molecule has 170 valence electrons. The number of H-pyrrole nitrogens is 1. The number of nitrogens with one attached hydrogen (secondary N) is 2. The summed E-state index contributed by atoms with van der Waals surface area (Å²) >= 11 is 0. The SMILES string of the molecule is O=C(Nc1cccc(C(=O)c2ccc3c(/C=C/c4ccccc4)n[nH]c3c2)c1)c1ccc(=O)oc1. The second kappa shape index (κ2) is 9.44. The van der Waals surface area contributed by atoms with Gasteiger partial charge in [-0.15, -0.1) is 0 Å². The van der Waals surface area contributed by atoms with Crippen LogP contribution in [0.15, 0.2) is 100 Å². The summed E-state index contributed by atoms with van der Waals surface area (Å²) in [5.74, 6) is -0.641. The Hall–Kier alpha value is -5.04. The summed E-state index contributed by atoms with van der Waals surface area (Å²) < 4.78 is 4.73. The van der Waals surface area contributed by atoms with E-state index >= 15 is 0 Å². The highest BCUT2D eigenvalue weighted by molar-refractivity contribution is 6.12. The first-order valence-corrected chi connectivity index (χ1v) is 10.8. The Morgan fingerprint density at radius 3 is 2.43 bits per heavy atom. The summed E-state index contributed by atoms with van der Waals surface area (Å²) in [7, 11) is 0. The molecule has 2 heterocycles. The fourth-order valence-corrected chi connectivity index (χ4v) is 3.64. The van der Waals surface area contributed by atoms with Crippen molar-refractivity contribution in [1.82, 2.24) is 10.2 Å². The highest BCUT2D eigenvalue weighted by Gasteiger charge is 2.14. The number of carbonyl (C=O) groups excluding carboxylic acids is 2. The molecule has 0 aliphatic carbocycles. The van der Waals surface area contributed by atoms with Gasteiger partial charge in [0, 0.05) is 28.3 Å². The second-order valence-electron chi connectivity index (χ2n) is 7.82. The topological polar surface area (TPSA) is 105 Å². The second-order valence-corrected chi connectivity index (χ2v) is 7.82. The summed E-state index contributed by atoms with van der Waals surface area (Å²) in [6, 6.07) is 24.5. The average molecular weight is 461 g/mol. The molecule has 2 N–H and O–H groups in total. The van der Waals surface area contributed by atoms with Crippen LogP contribution in [0.4, 0.5) is 5.69 Å². The van der Waals surface area contributed by atoms with Crippen molar-refractivity contribution in [2.24, 2.45) is 0 Å². The third kappa shape index (κ3) is 4.84. The van der Waals surface area contributed by atoms with Gasteiger partial charge >= 0.3 is 5.63 Å². The molecular weight excluding hydrogens is 442 g/mol. The number of nitrogens with zero attached hydrogens (tertiary/aromatic N) is 1. The lowest BCUT2D eigenvalue weighted by atomic mass is 10.0. The Bertz CT molecular complexity index is 1610. The number of fused-ring (bicyclic) bond motifs is 1. The molecule has 0 radical (unpaired) electrons. The quantitative estimate of drug-likeness (QED) is 0.340. The maximum absolute atomic E-state index is 13.1. The Morgan fingerprint density at radius 2 is 1.63 bits per heavy atom. The van der Waals surface area contributed by atoms with E-state index in [0.29, 0.717) is 16.8 Å². The summed E-state index contributed by atoms with van der Waals surface area (Å²) in [6.07, 6.45) is 5.01. The van der Waals surface area contributed by atoms with Gasteiger partial charge in [-0.05, 0) is 42.0 Å². The van der Waals surface area contributed by atoms with Crippen LogP contribution in [-0.4, -0.2) is 21.9 Å². The van der Waals surface area contributed by atoms with E-state index in [1.807, 2.05) is 48.6 Å². The van der Waals surface area contributed by atoms with Gasteiger partial charge in [0.05, 0.1) is 16.8 Å². The van der Waals surface area contributed by atoms with Crippen LogP contribution in [0.5, 0.6) is 0 Å². The lowest BCUT2D eigenvalue weighted by Gasteiger charge is -2.07. The van der Waals surface area contributed by atoms with Crippen molar-refractivity contribution >= 4 is 40.4 Å². The van der Waals surface area contributed by atoms with Gasteiger partial charge in [-0.3, -0.25) is 14.7 Å². The lowest BCUT2D eigenvalue weighted by Crippen LogP contribution is -2.13. The molecule has 5 aromatic rings. The van der Waals surface area contributed by atoms with Crippen LogP contribution in [0.2, 0.25) is 0 Å². The molecular formula is C28H19N3O4. The summed E-state index contributed by atoms with van der Waals surface area (Å²) in [6.45, 7) is 0. The molecule has 2 aromatic heterocycles. The molecule has 7 heteroatoms. The van der Waals surface area contributed by atoms with Crippen molar-refractivity contribution in [2.45, 2.75) is 0 Å². The van der Waals surface area contributed by atoms with E-state index in [9.17, 15) is 14.4 Å². The molecule has 0 saturated carbocycles. The zero-order valence-corrected chi connectivity index (χ0v) is 18.4. The molecule has 0 aliphatic rings. The number of benzene rings is 3. The molecule has 3 aromatic carbocycles. The fraction of sp³-hybridized carbons (Fsp3) is 0. The largest absolute Gasteiger partial charge is 0.430 e. The highest BCUT2D eigenvalue weighted by Crippen LogP contribution is 2.22. The van der Waals surface area contributed by atoms with Gasteiger partial charge in [0.1, 0.15) is 6.26 Å². The van der Waals surface area contributed by atoms with E-state index in [1.54, 1.807) is 36.4 Å². The van der Waals surface area contributed by atoms with E-state index in [1.165, 1.54) is 12.1 Å². The molecule has 0 saturated heterocycles. The van der Waals surface area contributed by atoms with Crippen molar-refractivity contribution in [3.63, 3.8) is 0 Å². The average Bonchev–Trinajstić information content (AvgIpc) is 3.30. The summed E-state index contributed by atoms with van der Waals surface area (Å²) in [4.78, 5) is 36.6. The number of hydrogen-bond donors (Lipinski definition) is 2. The minimum Gasteiger partial charge on any atom is -0.430 e. The number of ketones is 1. The molecule has 0 aliphatic heterocycles. The zero-order chi connectivity index (χ0) is 24.2.